The van der Waals surface area contributed by atoms with Crippen LogP contribution >= 0.6 is 11.6 Å². The van der Waals surface area contributed by atoms with Crippen molar-refractivity contribution in [2.75, 3.05) is 6.54 Å². The van der Waals surface area contributed by atoms with E-state index in [1.165, 1.54) is 12.1 Å². The highest BCUT2D eigenvalue weighted by Crippen LogP contribution is 2.20. The van der Waals surface area contributed by atoms with Gasteiger partial charge in [-0.25, -0.2) is 13.1 Å². The summed E-state index contributed by atoms with van der Waals surface area (Å²) in [6, 6.07) is 14.9. The molecule has 1 unspecified atom stereocenters. The summed E-state index contributed by atoms with van der Waals surface area (Å²) >= 11 is 5.93. The molecule has 9 heteroatoms. The molecule has 3 N–H and O–H groups in total. The Bertz CT molecular complexity index is 994. The van der Waals surface area contributed by atoms with E-state index in [9.17, 15) is 18.0 Å². The number of hydrogen-bond donors (Lipinski definition) is 3. The molecule has 160 valence electrons. The lowest BCUT2D eigenvalue weighted by Gasteiger charge is -2.19. The van der Waals surface area contributed by atoms with Crippen LogP contribution < -0.4 is 15.4 Å². The van der Waals surface area contributed by atoms with Crippen LogP contribution in [0.1, 0.15) is 24.8 Å². The van der Waals surface area contributed by atoms with E-state index < -0.39 is 22.0 Å². The van der Waals surface area contributed by atoms with Gasteiger partial charge in [0.05, 0.1) is 5.02 Å². The van der Waals surface area contributed by atoms with E-state index in [4.69, 9.17) is 11.6 Å². The topological polar surface area (TPSA) is 104 Å². The summed E-state index contributed by atoms with van der Waals surface area (Å²) in [5.41, 5.74) is 0.924. The van der Waals surface area contributed by atoms with Gasteiger partial charge < -0.3 is 10.6 Å². The molecule has 1 fully saturated rings. The van der Waals surface area contributed by atoms with E-state index in [2.05, 4.69) is 15.4 Å². The maximum atomic E-state index is 12.5. The normalized spacial score (nSPS) is 14.7. The van der Waals surface area contributed by atoms with Gasteiger partial charge in [-0.1, -0.05) is 54.1 Å². The van der Waals surface area contributed by atoms with Crippen molar-refractivity contribution in [1.82, 2.24) is 15.4 Å². The molecule has 1 atom stereocenters. The number of rotatable bonds is 10. The van der Waals surface area contributed by atoms with Gasteiger partial charge in [-0.05, 0) is 30.5 Å². The summed E-state index contributed by atoms with van der Waals surface area (Å²) in [5, 5.41) is 5.74. The van der Waals surface area contributed by atoms with Crippen molar-refractivity contribution in [2.45, 2.75) is 42.7 Å². The molecular weight excluding hydrogens is 426 g/mol. The zero-order valence-corrected chi connectivity index (χ0v) is 17.9. The molecule has 3 rings (SSSR count). The van der Waals surface area contributed by atoms with E-state index in [-0.39, 0.29) is 34.8 Å². The summed E-state index contributed by atoms with van der Waals surface area (Å²) in [4.78, 5) is 24.9. The predicted molar refractivity (Wildman–Crippen MR) is 114 cm³/mol. The number of carbonyl (C=O) groups excluding carboxylic acids is 2. The largest absolute Gasteiger partial charge is 0.352 e. The summed E-state index contributed by atoms with van der Waals surface area (Å²) in [6.07, 6.45) is 2.14. The number of nitrogens with one attached hydrogen (secondary N) is 3. The van der Waals surface area contributed by atoms with Crippen LogP contribution in [0.25, 0.3) is 0 Å². The molecule has 0 spiro atoms. The minimum atomic E-state index is -3.83. The van der Waals surface area contributed by atoms with Crippen LogP contribution in [0.2, 0.25) is 5.02 Å². The smallest absolute Gasteiger partial charge is 0.243 e. The molecule has 1 aliphatic carbocycles. The van der Waals surface area contributed by atoms with Crippen molar-refractivity contribution in [3.63, 3.8) is 0 Å². The molecule has 0 bridgehead atoms. The number of carbonyl (C=O) groups is 2. The minimum absolute atomic E-state index is 0.0437. The summed E-state index contributed by atoms with van der Waals surface area (Å²) in [7, 11) is -3.83. The summed E-state index contributed by atoms with van der Waals surface area (Å²) in [5.74, 6) is -0.643. The lowest BCUT2D eigenvalue weighted by atomic mass is 10.0. The maximum Gasteiger partial charge on any atom is 0.243 e. The third-order valence-electron chi connectivity index (χ3n) is 4.63. The van der Waals surface area contributed by atoms with Gasteiger partial charge in [-0.2, -0.15) is 0 Å². The molecule has 0 aliphatic heterocycles. The second kappa shape index (κ2) is 10.1. The van der Waals surface area contributed by atoms with Crippen molar-refractivity contribution < 1.29 is 18.0 Å². The average Bonchev–Trinajstić information content (AvgIpc) is 3.52. The Hall–Kier alpha value is -2.42. The Morgan fingerprint density at radius 1 is 1.03 bits per heavy atom. The molecule has 1 aliphatic rings. The Morgan fingerprint density at radius 3 is 2.37 bits per heavy atom. The molecule has 2 aromatic carbocycles. The van der Waals surface area contributed by atoms with Gasteiger partial charge in [0.25, 0.3) is 0 Å². The Labute approximate surface area is 181 Å². The molecule has 7 nitrogen and oxygen atoms in total. The highest BCUT2D eigenvalue weighted by Gasteiger charge is 2.28. The zero-order chi connectivity index (χ0) is 21.6. The van der Waals surface area contributed by atoms with E-state index in [0.717, 1.165) is 18.4 Å². The van der Waals surface area contributed by atoms with E-state index in [0.29, 0.717) is 6.42 Å². The fraction of sp³-hybridized carbons (Fsp3) is 0.333. The molecule has 2 amide bonds. The molecule has 0 saturated heterocycles. The van der Waals surface area contributed by atoms with Gasteiger partial charge in [0.2, 0.25) is 21.8 Å². The number of amides is 2. The van der Waals surface area contributed by atoms with Crippen LogP contribution in [0.3, 0.4) is 0 Å². The molecule has 30 heavy (non-hydrogen) atoms. The summed E-state index contributed by atoms with van der Waals surface area (Å²) in [6.45, 7) is -0.109. The molecule has 0 aromatic heterocycles. The highest BCUT2D eigenvalue weighted by atomic mass is 35.5. The van der Waals surface area contributed by atoms with Gasteiger partial charge in [0.15, 0.2) is 0 Å². The monoisotopic (exact) mass is 449 g/mol. The first-order valence-corrected chi connectivity index (χ1v) is 11.6. The van der Waals surface area contributed by atoms with Gasteiger partial charge in [-0.3, -0.25) is 9.59 Å². The van der Waals surface area contributed by atoms with Crippen LogP contribution in [0.15, 0.2) is 59.5 Å². The minimum Gasteiger partial charge on any atom is -0.352 e. The first-order chi connectivity index (χ1) is 14.3. The first kappa shape index (κ1) is 22.3. The lowest BCUT2D eigenvalue weighted by Crippen LogP contribution is -2.49. The van der Waals surface area contributed by atoms with Crippen molar-refractivity contribution in [2.24, 2.45) is 0 Å². The molecule has 0 heterocycles. The number of halogens is 1. The SMILES string of the molecule is O=C(CCNS(=O)(=O)c1ccccc1Cl)NC(Cc1ccccc1)C(=O)NC1CC1. The van der Waals surface area contributed by atoms with Crippen LogP contribution in [-0.4, -0.2) is 38.9 Å². The van der Waals surface area contributed by atoms with Crippen LogP contribution in [0.5, 0.6) is 0 Å². The van der Waals surface area contributed by atoms with Crippen molar-refractivity contribution in [3.05, 3.63) is 65.2 Å². The van der Waals surface area contributed by atoms with Crippen LogP contribution in [-0.2, 0) is 26.0 Å². The van der Waals surface area contributed by atoms with Crippen molar-refractivity contribution in [1.29, 1.82) is 0 Å². The Balaban J connectivity index is 1.55. The third-order valence-corrected chi connectivity index (χ3v) is 6.59. The molecule has 2 aromatic rings. The highest BCUT2D eigenvalue weighted by molar-refractivity contribution is 7.89. The standard InChI is InChI=1S/C21H24ClN3O4S/c22-17-8-4-5-9-19(17)30(28,29)23-13-12-20(26)25-18(21(27)24-16-10-11-16)14-15-6-2-1-3-7-15/h1-9,16,18,23H,10-14H2,(H,24,27)(H,25,26). The predicted octanol–water partition coefficient (Wildman–Crippen LogP) is 2.01. The third kappa shape index (κ3) is 6.55. The number of sulfonamides is 1. The second-order valence-corrected chi connectivity index (χ2v) is 9.31. The average molecular weight is 450 g/mol. The zero-order valence-electron chi connectivity index (χ0n) is 16.3. The fourth-order valence-electron chi connectivity index (χ4n) is 2.89. The van der Waals surface area contributed by atoms with E-state index in [1.807, 2.05) is 30.3 Å². The van der Waals surface area contributed by atoms with E-state index >= 15 is 0 Å². The molecule has 0 radical (unpaired) electrons. The van der Waals surface area contributed by atoms with Crippen LogP contribution in [0.4, 0.5) is 0 Å². The van der Waals surface area contributed by atoms with E-state index in [1.54, 1.807) is 12.1 Å². The van der Waals surface area contributed by atoms with Crippen LogP contribution in [0, 0.1) is 0 Å². The van der Waals surface area contributed by atoms with Gasteiger partial charge >= 0.3 is 0 Å². The van der Waals surface area contributed by atoms with Gasteiger partial charge in [0, 0.05) is 25.4 Å². The Morgan fingerprint density at radius 2 is 1.70 bits per heavy atom. The first-order valence-electron chi connectivity index (χ1n) is 9.73. The molecular formula is C21H24ClN3O4S. The van der Waals surface area contributed by atoms with Crippen molar-refractivity contribution >= 4 is 33.4 Å². The second-order valence-electron chi connectivity index (χ2n) is 7.17. The fourth-order valence-corrected chi connectivity index (χ4v) is 4.44. The summed E-state index contributed by atoms with van der Waals surface area (Å²) < 4.78 is 27.1. The maximum absolute atomic E-state index is 12.5. The Kier molecular flexibility index (Phi) is 7.47. The number of benzene rings is 2. The van der Waals surface area contributed by atoms with Gasteiger partial charge in [-0.15, -0.1) is 0 Å². The molecule has 1 saturated carbocycles. The van der Waals surface area contributed by atoms with Crippen molar-refractivity contribution in [3.8, 4) is 0 Å². The quantitative estimate of drug-likeness (QED) is 0.516. The van der Waals surface area contributed by atoms with Gasteiger partial charge in [0.1, 0.15) is 10.9 Å². The lowest BCUT2D eigenvalue weighted by molar-refractivity contribution is -0.129. The number of hydrogen-bond acceptors (Lipinski definition) is 4.